The Bertz CT molecular complexity index is 963. The second-order valence-corrected chi connectivity index (χ2v) is 7.94. The minimum Gasteiger partial charge on any atom is -0.355 e. The highest BCUT2D eigenvalue weighted by atomic mass is 35.5. The normalized spacial score (nSPS) is 11.1. The number of benzene rings is 1. The molecule has 0 bridgehead atoms. The first-order chi connectivity index (χ1) is 12.4. The topological polar surface area (TPSA) is 59.3 Å². The standard InChI is InChI=1S/C16H12Cl4N4OS/c17-10-2-1-9(12(19)5-10)3-4-21-14(25)8-26-16-23-22-15-13(20)6-11(18)7-24(15)16/h1-2,5-7H,3-4,8H2,(H,21,25). The third-order valence-corrected chi connectivity index (χ3v) is 5.47. The molecule has 26 heavy (non-hydrogen) atoms. The van der Waals surface area contributed by atoms with Crippen LogP contribution in [0.1, 0.15) is 5.56 Å². The molecule has 1 aromatic carbocycles. The third kappa shape index (κ3) is 4.75. The Morgan fingerprint density at radius 2 is 1.85 bits per heavy atom. The first-order valence-electron chi connectivity index (χ1n) is 7.47. The average Bonchev–Trinajstić information content (AvgIpc) is 2.98. The van der Waals surface area contributed by atoms with Crippen LogP contribution in [0.2, 0.25) is 20.1 Å². The van der Waals surface area contributed by atoms with Gasteiger partial charge in [0.15, 0.2) is 10.8 Å². The van der Waals surface area contributed by atoms with Crippen molar-refractivity contribution in [2.75, 3.05) is 12.3 Å². The number of hydrogen-bond acceptors (Lipinski definition) is 4. The number of pyridine rings is 1. The predicted molar refractivity (Wildman–Crippen MR) is 107 cm³/mol. The molecule has 2 heterocycles. The summed E-state index contributed by atoms with van der Waals surface area (Å²) in [5.41, 5.74) is 1.42. The van der Waals surface area contributed by atoms with E-state index in [2.05, 4.69) is 15.5 Å². The van der Waals surface area contributed by atoms with Crippen LogP contribution in [0.25, 0.3) is 5.65 Å². The number of fused-ring (bicyclic) bond motifs is 1. The van der Waals surface area contributed by atoms with Crippen molar-refractivity contribution in [1.82, 2.24) is 19.9 Å². The fourth-order valence-electron chi connectivity index (χ4n) is 2.24. The monoisotopic (exact) mass is 448 g/mol. The van der Waals surface area contributed by atoms with E-state index in [-0.39, 0.29) is 11.7 Å². The summed E-state index contributed by atoms with van der Waals surface area (Å²) in [5.74, 6) is 0.0733. The first-order valence-corrected chi connectivity index (χ1v) is 9.97. The molecular weight excluding hydrogens is 438 g/mol. The number of aromatic nitrogens is 3. The van der Waals surface area contributed by atoms with Crippen LogP contribution in [-0.4, -0.2) is 32.8 Å². The van der Waals surface area contributed by atoms with Gasteiger partial charge in [-0.05, 0) is 30.2 Å². The van der Waals surface area contributed by atoms with Crippen molar-refractivity contribution in [3.63, 3.8) is 0 Å². The summed E-state index contributed by atoms with van der Waals surface area (Å²) < 4.78 is 1.66. The smallest absolute Gasteiger partial charge is 0.230 e. The summed E-state index contributed by atoms with van der Waals surface area (Å²) in [4.78, 5) is 12.0. The molecule has 0 atom stereocenters. The Labute approximate surface area is 174 Å². The van der Waals surface area contributed by atoms with Gasteiger partial charge in [0.25, 0.3) is 0 Å². The Hall–Kier alpha value is -1.18. The lowest BCUT2D eigenvalue weighted by Gasteiger charge is -2.07. The lowest BCUT2D eigenvalue weighted by atomic mass is 10.1. The van der Waals surface area contributed by atoms with Crippen LogP contribution in [-0.2, 0) is 11.2 Å². The van der Waals surface area contributed by atoms with Gasteiger partial charge in [-0.3, -0.25) is 9.20 Å². The molecule has 0 aliphatic heterocycles. The lowest BCUT2D eigenvalue weighted by molar-refractivity contribution is -0.118. The fraction of sp³-hybridized carbons (Fsp3) is 0.188. The molecule has 5 nitrogen and oxygen atoms in total. The summed E-state index contributed by atoms with van der Waals surface area (Å²) in [7, 11) is 0. The van der Waals surface area contributed by atoms with Crippen LogP contribution in [0, 0.1) is 0 Å². The van der Waals surface area contributed by atoms with Gasteiger partial charge in [0.05, 0.1) is 15.8 Å². The third-order valence-electron chi connectivity index (χ3n) is 3.46. The molecule has 1 N–H and O–H groups in total. The Morgan fingerprint density at radius 3 is 2.62 bits per heavy atom. The number of rotatable bonds is 6. The van der Waals surface area contributed by atoms with E-state index in [1.54, 1.807) is 28.8 Å². The molecule has 0 aliphatic carbocycles. The number of nitrogens with zero attached hydrogens (tertiary/aromatic N) is 3. The number of hydrogen-bond donors (Lipinski definition) is 1. The van der Waals surface area contributed by atoms with Crippen molar-refractivity contribution >= 4 is 69.7 Å². The zero-order valence-corrected chi connectivity index (χ0v) is 17.0. The number of halogens is 4. The van der Waals surface area contributed by atoms with Gasteiger partial charge < -0.3 is 5.32 Å². The molecule has 0 aliphatic rings. The van der Waals surface area contributed by atoms with E-state index in [9.17, 15) is 4.79 Å². The molecule has 2 aromatic heterocycles. The molecule has 10 heteroatoms. The maximum atomic E-state index is 12.0. The summed E-state index contributed by atoms with van der Waals surface area (Å²) in [6, 6.07) is 6.90. The summed E-state index contributed by atoms with van der Waals surface area (Å²) in [5, 5.41) is 13.5. The molecule has 0 unspecified atom stereocenters. The molecule has 0 fully saturated rings. The maximum Gasteiger partial charge on any atom is 0.230 e. The highest BCUT2D eigenvalue weighted by molar-refractivity contribution is 7.99. The van der Waals surface area contributed by atoms with Crippen molar-refractivity contribution in [2.24, 2.45) is 0 Å². The van der Waals surface area contributed by atoms with Crippen molar-refractivity contribution in [2.45, 2.75) is 11.6 Å². The van der Waals surface area contributed by atoms with Crippen molar-refractivity contribution in [3.8, 4) is 0 Å². The largest absolute Gasteiger partial charge is 0.355 e. The van der Waals surface area contributed by atoms with E-state index < -0.39 is 0 Å². The summed E-state index contributed by atoms with van der Waals surface area (Å²) >= 11 is 25.3. The van der Waals surface area contributed by atoms with E-state index in [1.165, 1.54) is 11.8 Å². The number of nitrogens with one attached hydrogen (secondary N) is 1. The Balaban J connectivity index is 1.53. The van der Waals surface area contributed by atoms with Gasteiger partial charge in [0, 0.05) is 22.8 Å². The molecule has 3 rings (SSSR count). The van der Waals surface area contributed by atoms with Crippen molar-refractivity contribution in [1.29, 1.82) is 0 Å². The van der Waals surface area contributed by atoms with Gasteiger partial charge in [0.2, 0.25) is 5.91 Å². The SMILES string of the molecule is O=C(CSc1nnc2c(Cl)cc(Cl)cn12)NCCc1ccc(Cl)cc1Cl. The van der Waals surface area contributed by atoms with Crippen LogP contribution in [0.5, 0.6) is 0 Å². The second kappa shape index (κ2) is 8.67. The van der Waals surface area contributed by atoms with E-state index in [0.717, 1.165) is 5.56 Å². The quantitative estimate of drug-likeness (QED) is 0.549. The number of carbonyl (C=O) groups excluding carboxylic acids is 1. The Morgan fingerprint density at radius 1 is 1.08 bits per heavy atom. The van der Waals surface area contributed by atoms with Gasteiger partial charge in [0.1, 0.15) is 0 Å². The maximum absolute atomic E-state index is 12.0. The van der Waals surface area contributed by atoms with Gasteiger partial charge in [-0.15, -0.1) is 10.2 Å². The molecule has 1 amide bonds. The van der Waals surface area contributed by atoms with Gasteiger partial charge >= 0.3 is 0 Å². The van der Waals surface area contributed by atoms with Gasteiger partial charge in [-0.25, -0.2) is 0 Å². The zero-order valence-electron chi connectivity index (χ0n) is 13.2. The molecule has 3 aromatic rings. The van der Waals surface area contributed by atoms with Gasteiger partial charge in [-0.1, -0.05) is 64.2 Å². The average molecular weight is 450 g/mol. The molecule has 0 saturated carbocycles. The molecule has 0 radical (unpaired) electrons. The number of carbonyl (C=O) groups is 1. The van der Waals surface area contributed by atoms with Crippen LogP contribution >= 0.6 is 58.2 Å². The predicted octanol–water partition coefficient (Wildman–Crippen LogP) is 4.79. The van der Waals surface area contributed by atoms with Crippen LogP contribution in [0.3, 0.4) is 0 Å². The highest BCUT2D eigenvalue weighted by Crippen LogP contribution is 2.25. The van der Waals surface area contributed by atoms with Crippen LogP contribution < -0.4 is 5.32 Å². The minimum atomic E-state index is -0.120. The van der Waals surface area contributed by atoms with Crippen LogP contribution in [0.15, 0.2) is 35.6 Å². The molecule has 0 spiro atoms. The fourth-order valence-corrected chi connectivity index (χ4v) is 3.99. The van der Waals surface area contributed by atoms with E-state index in [1.807, 2.05) is 6.07 Å². The number of thioether (sulfide) groups is 1. The molecule has 136 valence electrons. The lowest BCUT2D eigenvalue weighted by Crippen LogP contribution is -2.27. The molecular formula is C16H12Cl4N4OS. The summed E-state index contributed by atoms with van der Waals surface area (Å²) in [6.07, 6.45) is 2.27. The second-order valence-electron chi connectivity index (χ2n) is 5.31. The van der Waals surface area contributed by atoms with Crippen LogP contribution in [0.4, 0.5) is 0 Å². The minimum absolute atomic E-state index is 0.120. The van der Waals surface area contributed by atoms with E-state index >= 15 is 0 Å². The van der Waals surface area contributed by atoms with E-state index in [4.69, 9.17) is 46.4 Å². The zero-order chi connectivity index (χ0) is 18.7. The highest BCUT2D eigenvalue weighted by Gasteiger charge is 2.12. The molecule has 0 saturated heterocycles. The Kier molecular flexibility index (Phi) is 6.53. The van der Waals surface area contributed by atoms with E-state index in [0.29, 0.717) is 43.9 Å². The van der Waals surface area contributed by atoms with Crippen molar-refractivity contribution < 1.29 is 4.79 Å². The summed E-state index contributed by atoms with van der Waals surface area (Å²) in [6.45, 7) is 0.471. The van der Waals surface area contributed by atoms with Crippen molar-refractivity contribution in [3.05, 3.63) is 56.1 Å². The first kappa shape index (κ1) is 19.6. The number of amides is 1. The van der Waals surface area contributed by atoms with Gasteiger partial charge in [-0.2, -0.15) is 0 Å².